The maximum Gasteiger partial charge on any atom is 0.0406 e. The molecule has 2 rings (SSSR count). The summed E-state index contributed by atoms with van der Waals surface area (Å²) in [6.45, 7) is 5.73. The summed E-state index contributed by atoms with van der Waals surface area (Å²) < 4.78 is 0. The monoisotopic (exact) mass is 237 g/mol. The highest BCUT2D eigenvalue weighted by atomic mass is 35.5. The molecule has 0 spiro atoms. The van der Waals surface area contributed by atoms with Crippen molar-refractivity contribution in [2.45, 2.75) is 39.2 Å². The fraction of sp³-hybridized carbons (Fsp3) is 0.571. The lowest BCUT2D eigenvalue weighted by atomic mass is 9.85. The van der Waals surface area contributed by atoms with Crippen LogP contribution in [-0.4, -0.2) is 12.6 Å². The Kier molecular flexibility index (Phi) is 3.56. The number of hydrogen-bond acceptors (Lipinski definition) is 1. The van der Waals surface area contributed by atoms with Crippen molar-refractivity contribution in [2.75, 3.05) is 6.54 Å². The molecule has 1 aliphatic carbocycles. The molecule has 0 atom stereocenters. The molecule has 1 aromatic rings. The van der Waals surface area contributed by atoms with Gasteiger partial charge in [0.1, 0.15) is 0 Å². The highest BCUT2D eigenvalue weighted by Gasteiger charge is 2.25. The molecule has 0 radical (unpaired) electrons. The highest BCUT2D eigenvalue weighted by Crippen LogP contribution is 2.25. The van der Waals surface area contributed by atoms with Gasteiger partial charge in [-0.1, -0.05) is 37.6 Å². The molecule has 1 saturated carbocycles. The molecule has 1 nitrogen and oxygen atoms in total. The lowest BCUT2D eigenvalue weighted by Gasteiger charge is -2.25. The molecule has 88 valence electrons. The van der Waals surface area contributed by atoms with E-state index in [-0.39, 0.29) is 0 Å². The molecule has 0 bridgehead atoms. The van der Waals surface area contributed by atoms with E-state index in [4.69, 9.17) is 11.6 Å². The first-order valence-corrected chi connectivity index (χ1v) is 6.41. The standard InChI is InChI=1S/C14H20ClN/c1-14(2,10-16-13-7-8-13)9-11-3-5-12(15)6-4-11/h3-6,13,16H,7-10H2,1-2H3. The molecule has 1 fully saturated rings. The van der Waals surface area contributed by atoms with Crippen LogP contribution in [0.1, 0.15) is 32.3 Å². The van der Waals surface area contributed by atoms with Gasteiger partial charge in [-0.15, -0.1) is 0 Å². The number of nitrogens with one attached hydrogen (secondary N) is 1. The minimum Gasteiger partial charge on any atom is -0.313 e. The molecular formula is C14H20ClN. The second-order valence-electron chi connectivity index (χ2n) is 5.62. The Morgan fingerprint density at radius 2 is 1.88 bits per heavy atom. The maximum atomic E-state index is 5.88. The first-order valence-electron chi connectivity index (χ1n) is 6.03. The third-order valence-corrected chi connectivity index (χ3v) is 3.29. The van der Waals surface area contributed by atoms with Gasteiger partial charge in [-0.05, 0) is 42.4 Å². The molecular weight excluding hydrogens is 218 g/mol. The second-order valence-corrected chi connectivity index (χ2v) is 6.06. The summed E-state index contributed by atoms with van der Waals surface area (Å²) in [5, 5.41) is 4.42. The van der Waals surface area contributed by atoms with E-state index in [1.807, 2.05) is 12.1 Å². The average molecular weight is 238 g/mol. The number of benzene rings is 1. The minimum atomic E-state index is 0.316. The third-order valence-electron chi connectivity index (χ3n) is 3.04. The van der Waals surface area contributed by atoms with Crippen molar-refractivity contribution < 1.29 is 0 Å². The second kappa shape index (κ2) is 4.77. The topological polar surface area (TPSA) is 12.0 Å². The van der Waals surface area contributed by atoms with Gasteiger partial charge in [-0.2, -0.15) is 0 Å². The first kappa shape index (κ1) is 11.9. The zero-order valence-corrected chi connectivity index (χ0v) is 10.8. The largest absolute Gasteiger partial charge is 0.313 e. The first-order chi connectivity index (χ1) is 7.55. The minimum absolute atomic E-state index is 0.316. The smallest absolute Gasteiger partial charge is 0.0406 e. The van der Waals surface area contributed by atoms with Crippen molar-refractivity contribution >= 4 is 11.6 Å². The van der Waals surface area contributed by atoms with Crippen LogP contribution in [0.3, 0.4) is 0 Å². The van der Waals surface area contributed by atoms with Crippen LogP contribution in [0.2, 0.25) is 5.02 Å². The molecule has 0 unspecified atom stereocenters. The van der Waals surface area contributed by atoms with Crippen LogP contribution >= 0.6 is 11.6 Å². The SMILES string of the molecule is CC(C)(CNC1CC1)Cc1ccc(Cl)cc1. The summed E-state index contributed by atoms with van der Waals surface area (Å²) in [5.74, 6) is 0. The van der Waals surface area contributed by atoms with Crippen molar-refractivity contribution in [1.29, 1.82) is 0 Å². The molecule has 1 aliphatic rings. The highest BCUT2D eigenvalue weighted by molar-refractivity contribution is 6.30. The van der Waals surface area contributed by atoms with Gasteiger partial charge in [0.2, 0.25) is 0 Å². The van der Waals surface area contributed by atoms with Crippen molar-refractivity contribution in [3.05, 3.63) is 34.9 Å². The van der Waals surface area contributed by atoms with Gasteiger partial charge in [0.25, 0.3) is 0 Å². The molecule has 1 N–H and O–H groups in total. The Hall–Kier alpha value is -0.530. The summed E-state index contributed by atoms with van der Waals surface area (Å²) >= 11 is 5.88. The van der Waals surface area contributed by atoms with Crippen molar-refractivity contribution in [3.8, 4) is 0 Å². The van der Waals surface area contributed by atoms with Crippen LogP contribution in [0.25, 0.3) is 0 Å². The Morgan fingerprint density at radius 1 is 1.25 bits per heavy atom. The van der Waals surface area contributed by atoms with Crippen LogP contribution in [-0.2, 0) is 6.42 Å². The molecule has 2 heteroatoms. The van der Waals surface area contributed by atoms with Gasteiger partial charge in [-0.3, -0.25) is 0 Å². The average Bonchev–Trinajstić information content (AvgIpc) is 3.02. The zero-order valence-electron chi connectivity index (χ0n) is 10.1. The van der Waals surface area contributed by atoms with E-state index < -0.39 is 0 Å². The fourth-order valence-electron chi connectivity index (χ4n) is 1.93. The molecule has 0 aromatic heterocycles. The summed E-state index contributed by atoms with van der Waals surface area (Å²) in [7, 11) is 0. The van der Waals surface area contributed by atoms with Crippen LogP contribution < -0.4 is 5.32 Å². The van der Waals surface area contributed by atoms with Gasteiger partial charge >= 0.3 is 0 Å². The molecule has 0 aliphatic heterocycles. The van der Waals surface area contributed by atoms with Crippen LogP contribution in [0, 0.1) is 5.41 Å². The zero-order chi connectivity index (χ0) is 11.6. The summed E-state index contributed by atoms with van der Waals surface area (Å²) in [6, 6.07) is 9.00. The lowest BCUT2D eigenvalue weighted by Crippen LogP contribution is -2.32. The number of halogens is 1. The van der Waals surface area contributed by atoms with Crippen molar-refractivity contribution in [1.82, 2.24) is 5.32 Å². The summed E-state index contributed by atoms with van der Waals surface area (Å²) in [4.78, 5) is 0. The Labute approximate surface area is 103 Å². The molecule has 0 saturated heterocycles. The van der Waals surface area contributed by atoms with Crippen LogP contribution in [0.5, 0.6) is 0 Å². The van der Waals surface area contributed by atoms with Gasteiger partial charge in [0.15, 0.2) is 0 Å². The summed E-state index contributed by atoms with van der Waals surface area (Å²) in [5.41, 5.74) is 1.68. The maximum absolute atomic E-state index is 5.88. The van der Waals surface area contributed by atoms with Crippen LogP contribution in [0.15, 0.2) is 24.3 Å². The van der Waals surface area contributed by atoms with Gasteiger partial charge in [0.05, 0.1) is 0 Å². The van der Waals surface area contributed by atoms with Crippen molar-refractivity contribution in [2.24, 2.45) is 5.41 Å². The van der Waals surface area contributed by atoms with E-state index in [1.54, 1.807) is 0 Å². The quantitative estimate of drug-likeness (QED) is 0.824. The van der Waals surface area contributed by atoms with Gasteiger partial charge in [-0.25, -0.2) is 0 Å². The van der Waals surface area contributed by atoms with E-state index in [9.17, 15) is 0 Å². The Morgan fingerprint density at radius 3 is 2.44 bits per heavy atom. The van der Waals surface area contributed by atoms with E-state index >= 15 is 0 Å². The normalized spacial score (nSPS) is 16.4. The lowest BCUT2D eigenvalue weighted by molar-refractivity contribution is 0.337. The Balaban J connectivity index is 1.87. The van der Waals surface area contributed by atoms with Crippen LogP contribution in [0.4, 0.5) is 0 Å². The van der Waals surface area contributed by atoms with E-state index in [2.05, 4.69) is 31.3 Å². The predicted octanol–water partition coefficient (Wildman–Crippen LogP) is 3.66. The molecule has 0 heterocycles. The molecule has 16 heavy (non-hydrogen) atoms. The Bertz CT molecular complexity index is 338. The molecule has 0 amide bonds. The number of rotatable bonds is 5. The fourth-order valence-corrected chi connectivity index (χ4v) is 2.05. The van der Waals surface area contributed by atoms with E-state index in [0.717, 1.165) is 24.0 Å². The van der Waals surface area contributed by atoms with Gasteiger partial charge in [0, 0.05) is 17.6 Å². The van der Waals surface area contributed by atoms with Gasteiger partial charge < -0.3 is 5.32 Å². The molecule has 1 aromatic carbocycles. The van der Waals surface area contributed by atoms with Crippen molar-refractivity contribution in [3.63, 3.8) is 0 Å². The number of hydrogen-bond donors (Lipinski definition) is 1. The van der Waals surface area contributed by atoms with E-state index in [1.165, 1.54) is 18.4 Å². The predicted molar refractivity (Wildman–Crippen MR) is 70.0 cm³/mol. The van der Waals surface area contributed by atoms with E-state index in [0.29, 0.717) is 5.41 Å². The summed E-state index contributed by atoms with van der Waals surface area (Å²) in [6.07, 6.45) is 3.82. The third kappa shape index (κ3) is 3.80.